The maximum Gasteiger partial charge on any atom is 0.170 e. The number of nitrogens with zero attached hydrogens (tertiary/aromatic N) is 1. The highest BCUT2D eigenvalue weighted by atomic mass is 16.7. The second kappa shape index (κ2) is 4.46. The van der Waals surface area contributed by atoms with Gasteiger partial charge in [0, 0.05) is 11.5 Å². The molecule has 4 nitrogen and oxygen atoms in total. The van der Waals surface area contributed by atoms with Crippen LogP contribution in [0.5, 0.6) is 0 Å². The molecule has 1 aromatic heterocycles. The van der Waals surface area contributed by atoms with Crippen molar-refractivity contribution in [1.82, 2.24) is 5.16 Å². The minimum atomic E-state index is -0.270. The van der Waals surface area contributed by atoms with Crippen LogP contribution in [0.25, 0.3) is 0 Å². The standard InChI is InChI=1S/C15H21NO3/c1-9(2)11-7-10(3)15(4,14-17-5-6-18-14)13-12(11)8-16-19-13/h8,10-11,14H,1,5-7H2,2-4H3/t10-,11+,15+/m1/s1. The van der Waals surface area contributed by atoms with Crippen molar-refractivity contribution in [2.75, 3.05) is 13.2 Å². The quantitative estimate of drug-likeness (QED) is 0.769. The Morgan fingerprint density at radius 1 is 1.42 bits per heavy atom. The summed E-state index contributed by atoms with van der Waals surface area (Å²) in [5.41, 5.74) is 2.03. The molecule has 19 heavy (non-hydrogen) atoms. The molecule has 0 bridgehead atoms. The van der Waals surface area contributed by atoms with E-state index >= 15 is 0 Å². The Kier molecular flexibility index (Phi) is 3.02. The zero-order valence-electron chi connectivity index (χ0n) is 11.8. The van der Waals surface area contributed by atoms with E-state index in [1.54, 1.807) is 0 Å². The van der Waals surface area contributed by atoms with Crippen LogP contribution in [0.3, 0.4) is 0 Å². The van der Waals surface area contributed by atoms with E-state index in [9.17, 15) is 0 Å². The number of ether oxygens (including phenoxy) is 2. The van der Waals surface area contributed by atoms with Crippen LogP contribution in [0.15, 0.2) is 22.9 Å². The third-order valence-electron chi connectivity index (χ3n) is 4.78. The summed E-state index contributed by atoms with van der Waals surface area (Å²) in [6, 6.07) is 0. The molecule has 1 aliphatic heterocycles. The molecular formula is C15H21NO3. The lowest BCUT2D eigenvalue weighted by Crippen LogP contribution is -2.46. The van der Waals surface area contributed by atoms with Gasteiger partial charge in [0.2, 0.25) is 0 Å². The van der Waals surface area contributed by atoms with Gasteiger partial charge in [0.25, 0.3) is 0 Å². The van der Waals surface area contributed by atoms with Gasteiger partial charge in [-0.15, -0.1) is 0 Å². The van der Waals surface area contributed by atoms with Gasteiger partial charge in [0.05, 0.1) is 24.8 Å². The minimum Gasteiger partial charge on any atom is -0.360 e. The molecule has 0 N–H and O–H groups in total. The smallest absolute Gasteiger partial charge is 0.170 e. The van der Waals surface area contributed by atoms with Crippen LogP contribution in [0.2, 0.25) is 0 Å². The normalized spacial score (nSPS) is 35.3. The minimum absolute atomic E-state index is 0.236. The summed E-state index contributed by atoms with van der Waals surface area (Å²) in [6.45, 7) is 11.9. The molecule has 2 heterocycles. The molecule has 0 amide bonds. The van der Waals surface area contributed by atoms with Crippen molar-refractivity contribution < 1.29 is 14.0 Å². The summed E-state index contributed by atoms with van der Waals surface area (Å²) < 4.78 is 17.1. The first-order valence-corrected chi connectivity index (χ1v) is 6.88. The van der Waals surface area contributed by atoms with Crippen molar-refractivity contribution in [1.29, 1.82) is 0 Å². The number of rotatable bonds is 2. The average molecular weight is 263 g/mol. The van der Waals surface area contributed by atoms with Gasteiger partial charge >= 0.3 is 0 Å². The maximum atomic E-state index is 5.76. The fourth-order valence-corrected chi connectivity index (χ4v) is 3.36. The first-order chi connectivity index (χ1) is 9.05. The number of aromatic nitrogens is 1. The van der Waals surface area contributed by atoms with Crippen LogP contribution >= 0.6 is 0 Å². The van der Waals surface area contributed by atoms with E-state index in [1.165, 1.54) is 0 Å². The first-order valence-electron chi connectivity index (χ1n) is 6.88. The van der Waals surface area contributed by atoms with Crippen molar-refractivity contribution in [3.63, 3.8) is 0 Å². The predicted molar refractivity (Wildman–Crippen MR) is 70.9 cm³/mol. The molecule has 0 radical (unpaired) electrons. The highest BCUT2D eigenvalue weighted by molar-refractivity contribution is 5.36. The Hall–Kier alpha value is -1.13. The SMILES string of the molecule is C=C(C)[C@@H]1C[C@@H](C)[C@](C)(C2OCCO2)c2oncc21. The van der Waals surface area contributed by atoms with Gasteiger partial charge in [-0.3, -0.25) is 0 Å². The lowest BCUT2D eigenvalue weighted by molar-refractivity contribution is -0.121. The van der Waals surface area contributed by atoms with E-state index in [1.807, 2.05) is 6.20 Å². The van der Waals surface area contributed by atoms with Crippen molar-refractivity contribution >= 4 is 0 Å². The lowest BCUT2D eigenvalue weighted by Gasteiger charge is -2.43. The lowest BCUT2D eigenvalue weighted by atomic mass is 9.63. The Labute approximate surface area is 113 Å². The third-order valence-corrected chi connectivity index (χ3v) is 4.78. The van der Waals surface area contributed by atoms with E-state index in [2.05, 4.69) is 32.5 Å². The molecule has 3 atom stereocenters. The van der Waals surface area contributed by atoms with E-state index in [0.29, 0.717) is 25.0 Å². The molecular weight excluding hydrogens is 242 g/mol. The molecule has 1 aromatic rings. The molecule has 3 rings (SSSR count). The van der Waals surface area contributed by atoms with E-state index in [4.69, 9.17) is 14.0 Å². The number of fused-ring (bicyclic) bond motifs is 1. The fourth-order valence-electron chi connectivity index (χ4n) is 3.36. The molecule has 4 heteroatoms. The second-order valence-electron chi connectivity index (χ2n) is 6.00. The van der Waals surface area contributed by atoms with E-state index in [0.717, 1.165) is 23.3 Å². The highest BCUT2D eigenvalue weighted by Crippen LogP contribution is 2.51. The third kappa shape index (κ3) is 1.77. The summed E-state index contributed by atoms with van der Waals surface area (Å²) in [5, 5.41) is 4.01. The van der Waals surface area contributed by atoms with Crippen molar-refractivity contribution in [2.45, 2.75) is 44.8 Å². The van der Waals surface area contributed by atoms with Crippen molar-refractivity contribution in [2.24, 2.45) is 5.92 Å². The number of hydrogen-bond acceptors (Lipinski definition) is 4. The second-order valence-corrected chi connectivity index (χ2v) is 6.00. The Morgan fingerprint density at radius 3 is 2.74 bits per heavy atom. The van der Waals surface area contributed by atoms with Gasteiger partial charge in [-0.2, -0.15) is 0 Å². The topological polar surface area (TPSA) is 44.5 Å². The molecule has 104 valence electrons. The summed E-state index contributed by atoms with van der Waals surface area (Å²) >= 11 is 0. The van der Waals surface area contributed by atoms with E-state index in [-0.39, 0.29) is 11.7 Å². The molecule has 1 fully saturated rings. The average Bonchev–Trinajstić information content (AvgIpc) is 3.03. The Balaban J connectivity index is 2.06. The van der Waals surface area contributed by atoms with Gasteiger partial charge in [-0.1, -0.05) is 24.2 Å². The van der Waals surface area contributed by atoms with Gasteiger partial charge in [-0.05, 0) is 26.2 Å². The monoisotopic (exact) mass is 263 g/mol. The van der Waals surface area contributed by atoms with Crippen LogP contribution < -0.4 is 0 Å². The molecule has 1 aliphatic carbocycles. The molecule has 0 saturated carbocycles. The fraction of sp³-hybridized carbons (Fsp3) is 0.667. The van der Waals surface area contributed by atoms with Gasteiger partial charge < -0.3 is 14.0 Å². The Morgan fingerprint density at radius 2 is 2.11 bits per heavy atom. The predicted octanol–water partition coefficient (Wildman–Crippen LogP) is 3.00. The van der Waals surface area contributed by atoms with Gasteiger partial charge in [0.1, 0.15) is 0 Å². The summed E-state index contributed by atoms with van der Waals surface area (Å²) in [4.78, 5) is 0. The summed E-state index contributed by atoms with van der Waals surface area (Å²) in [5.74, 6) is 1.62. The maximum absolute atomic E-state index is 5.76. The highest BCUT2D eigenvalue weighted by Gasteiger charge is 2.52. The molecule has 0 unspecified atom stereocenters. The summed E-state index contributed by atoms with van der Waals surface area (Å²) in [6.07, 6.45) is 2.62. The van der Waals surface area contributed by atoms with Crippen LogP contribution in [0.1, 0.15) is 44.4 Å². The Bertz CT molecular complexity index is 489. The van der Waals surface area contributed by atoms with Crippen LogP contribution in [0.4, 0.5) is 0 Å². The largest absolute Gasteiger partial charge is 0.360 e. The van der Waals surface area contributed by atoms with Crippen LogP contribution in [-0.2, 0) is 14.9 Å². The van der Waals surface area contributed by atoms with Crippen molar-refractivity contribution in [3.05, 3.63) is 29.7 Å². The first kappa shape index (κ1) is 12.9. The van der Waals surface area contributed by atoms with E-state index < -0.39 is 0 Å². The molecule has 0 spiro atoms. The van der Waals surface area contributed by atoms with Crippen LogP contribution in [0, 0.1) is 5.92 Å². The number of allylic oxidation sites excluding steroid dienone is 1. The molecule has 1 saturated heterocycles. The summed E-state index contributed by atoms with van der Waals surface area (Å²) in [7, 11) is 0. The zero-order valence-corrected chi connectivity index (χ0v) is 11.8. The van der Waals surface area contributed by atoms with Crippen LogP contribution in [-0.4, -0.2) is 24.7 Å². The zero-order chi connectivity index (χ0) is 13.6. The van der Waals surface area contributed by atoms with Gasteiger partial charge in [0.15, 0.2) is 12.1 Å². The van der Waals surface area contributed by atoms with Gasteiger partial charge in [-0.25, -0.2) is 0 Å². The number of hydrogen-bond donors (Lipinski definition) is 0. The van der Waals surface area contributed by atoms with Crippen molar-refractivity contribution in [3.8, 4) is 0 Å². The molecule has 2 aliphatic rings. The molecule has 0 aromatic carbocycles.